The Bertz CT molecular complexity index is 538. The van der Waals surface area contributed by atoms with Gasteiger partial charge in [-0.2, -0.15) is 0 Å². The number of nitrogens with one attached hydrogen (secondary N) is 2. The Balaban J connectivity index is 1.74. The van der Waals surface area contributed by atoms with E-state index < -0.39 is 0 Å². The normalized spacial score (nSPS) is 11.9. The maximum absolute atomic E-state index is 11.8. The maximum Gasteiger partial charge on any atom is 0.319 e. The Morgan fingerprint density at radius 2 is 2.05 bits per heavy atom. The zero-order chi connectivity index (χ0) is 14.4. The van der Waals surface area contributed by atoms with E-state index in [1.165, 1.54) is 0 Å². The summed E-state index contributed by atoms with van der Waals surface area (Å²) in [5, 5.41) is 6.28. The summed E-state index contributed by atoms with van der Waals surface area (Å²) in [6.45, 7) is 1.96. The van der Waals surface area contributed by atoms with E-state index in [0.717, 1.165) is 18.6 Å². The van der Waals surface area contributed by atoms with Crippen LogP contribution in [-0.4, -0.2) is 12.1 Å². The molecule has 2 N–H and O–H groups in total. The van der Waals surface area contributed by atoms with Gasteiger partial charge in [0.15, 0.2) is 0 Å². The summed E-state index contributed by atoms with van der Waals surface area (Å²) in [6.07, 6.45) is 3.28. The molecule has 0 aliphatic heterocycles. The van der Waals surface area contributed by atoms with Gasteiger partial charge in [-0.15, -0.1) is 0 Å². The average Bonchev–Trinajstić information content (AvgIpc) is 2.92. The third-order valence-electron chi connectivity index (χ3n) is 2.88. The minimum atomic E-state index is -0.223. The van der Waals surface area contributed by atoms with Crippen molar-refractivity contribution >= 4 is 23.3 Å². The smallest absolute Gasteiger partial charge is 0.319 e. The third-order valence-corrected chi connectivity index (χ3v) is 3.14. The van der Waals surface area contributed by atoms with Crippen LogP contribution in [0.15, 0.2) is 47.1 Å². The number of hydrogen-bond donors (Lipinski definition) is 2. The van der Waals surface area contributed by atoms with Crippen LogP contribution in [0.25, 0.3) is 0 Å². The average molecular weight is 293 g/mol. The fourth-order valence-electron chi connectivity index (χ4n) is 1.81. The second kappa shape index (κ2) is 7.01. The Morgan fingerprint density at radius 3 is 2.70 bits per heavy atom. The Morgan fingerprint density at radius 1 is 1.30 bits per heavy atom. The monoisotopic (exact) mass is 292 g/mol. The predicted molar refractivity (Wildman–Crippen MR) is 80.1 cm³/mol. The first kappa shape index (κ1) is 14.5. The molecular weight excluding hydrogens is 276 g/mol. The first-order valence-electron chi connectivity index (χ1n) is 6.49. The fourth-order valence-corrected chi connectivity index (χ4v) is 1.94. The molecule has 0 radical (unpaired) electrons. The second-order valence-electron chi connectivity index (χ2n) is 4.62. The minimum Gasteiger partial charge on any atom is -0.469 e. The van der Waals surface area contributed by atoms with E-state index in [1.807, 2.05) is 19.1 Å². The molecule has 1 heterocycles. The lowest BCUT2D eigenvalue weighted by atomic mass is 10.1. The van der Waals surface area contributed by atoms with Gasteiger partial charge in [0.05, 0.1) is 6.26 Å². The van der Waals surface area contributed by atoms with Crippen molar-refractivity contribution in [2.24, 2.45) is 0 Å². The fraction of sp³-hybridized carbons (Fsp3) is 0.267. The molecule has 4 nitrogen and oxygen atoms in total. The van der Waals surface area contributed by atoms with E-state index in [4.69, 9.17) is 16.0 Å². The van der Waals surface area contributed by atoms with Crippen LogP contribution in [0, 0.1) is 0 Å². The van der Waals surface area contributed by atoms with Gasteiger partial charge in [0.1, 0.15) is 5.76 Å². The van der Waals surface area contributed by atoms with Gasteiger partial charge in [-0.25, -0.2) is 4.79 Å². The summed E-state index contributed by atoms with van der Waals surface area (Å²) in [4.78, 5) is 11.8. The van der Waals surface area contributed by atoms with Crippen LogP contribution in [0.3, 0.4) is 0 Å². The van der Waals surface area contributed by atoms with E-state index in [2.05, 4.69) is 10.6 Å². The predicted octanol–water partition coefficient (Wildman–Crippen LogP) is 4.08. The van der Waals surface area contributed by atoms with Crippen molar-refractivity contribution in [2.75, 3.05) is 5.32 Å². The number of furan rings is 1. The number of amides is 2. The largest absolute Gasteiger partial charge is 0.469 e. The molecule has 0 bridgehead atoms. The molecule has 2 rings (SSSR count). The molecule has 2 aromatic rings. The molecule has 106 valence electrons. The van der Waals surface area contributed by atoms with E-state index in [1.54, 1.807) is 30.5 Å². The number of anilines is 1. The molecule has 2 amide bonds. The molecule has 20 heavy (non-hydrogen) atoms. The van der Waals surface area contributed by atoms with Crippen LogP contribution < -0.4 is 10.6 Å². The highest BCUT2D eigenvalue weighted by Crippen LogP contribution is 2.13. The van der Waals surface area contributed by atoms with Gasteiger partial charge in [0.2, 0.25) is 0 Å². The molecule has 0 saturated carbocycles. The van der Waals surface area contributed by atoms with Crippen molar-refractivity contribution in [3.8, 4) is 0 Å². The van der Waals surface area contributed by atoms with Crippen molar-refractivity contribution in [1.82, 2.24) is 5.32 Å². The highest BCUT2D eigenvalue weighted by molar-refractivity contribution is 6.30. The van der Waals surface area contributed by atoms with Crippen molar-refractivity contribution in [3.05, 3.63) is 53.4 Å². The summed E-state index contributed by atoms with van der Waals surface area (Å²) in [5.41, 5.74) is 0.713. The van der Waals surface area contributed by atoms with Crippen molar-refractivity contribution in [1.29, 1.82) is 0 Å². The van der Waals surface area contributed by atoms with Gasteiger partial charge >= 0.3 is 6.03 Å². The van der Waals surface area contributed by atoms with Crippen LogP contribution in [0.2, 0.25) is 5.02 Å². The molecule has 0 unspecified atom stereocenters. The number of hydrogen-bond acceptors (Lipinski definition) is 2. The highest BCUT2D eigenvalue weighted by atomic mass is 35.5. The topological polar surface area (TPSA) is 54.3 Å². The number of benzene rings is 1. The van der Waals surface area contributed by atoms with Crippen LogP contribution in [0.1, 0.15) is 19.1 Å². The second-order valence-corrected chi connectivity index (χ2v) is 5.06. The summed E-state index contributed by atoms with van der Waals surface area (Å²) in [6, 6.07) is 10.6. The molecule has 1 aromatic heterocycles. The Hall–Kier alpha value is -1.94. The lowest BCUT2D eigenvalue weighted by Crippen LogP contribution is -2.36. The first-order valence-corrected chi connectivity index (χ1v) is 6.87. The Labute approximate surface area is 123 Å². The SMILES string of the molecule is C[C@@H](CCc1ccco1)NC(=O)Nc1ccc(Cl)cc1. The molecule has 1 atom stereocenters. The van der Waals surface area contributed by atoms with Crippen LogP contribution in [0.5, 0.6) is 0 Å². The number of carbonyl (C=O) groups excluding carboxylic acids is 1. The summed E-state index contributed by atoms with van der Waals surface area (Å²) in [5.74, 6) is 0.928. The molecule has 0 aliphatic rings. The molecule has 0 saturated heterocycles. The number of rotatable bonds is 5. The van der Waals surface area contributed by atoms with Crippen LogP contribution in [-0.2, 0) is 6.42 Å². The number of urea groups is 1. The van der Waals surface area contributed by atoms with Crippen molar-refractivity contribution in [3.63, 3.8) is 0 Å². The van der Waals surface area contributed by atoms with Gasteiger partial charge in [0.25, 0.3) is 0 Å². The number of halogens is 1. The summed E-state index contributed by atoms with van der Waals surface area (Å²) < 4.78 is 5.25. The standard InChI is InChI=1S/C15H17ClN2O2/c1-11(4-9-14-3-2-10-20-14)17-15(19)18-13-7-5-12(16)6-8-13/h2-3,5-8,10-11H,4,9H2,1H3,(H2,17,18,19)/t11-/m0/s1. The molecule has 0 fully saturated rings. The first-order chi connectivity index (χ1) is 9.63. The van der Waals surface area contributed by atoms with Gasteiger partial charge in [-0.1, -0.05) is 11.6 Å². The van der Waals surface area contributed by atoms with Crippen LogP contribution in [0.4, 0.5) is 10.5 Å². The van der Waals surface area contributed by atoms with Crippen LogP contribution >= 0.6 is 11.6 Å². The van der Waals surface area contributed by atoms with E-state index in [9.17, 15) is 4.79 Å². The maximum atomic E-state index is 11.8. The Kier molecular flexibility index (Phi) is 5.07. The van der Waals surface area contributed by atoms with E-state index in [-0.39, 0.29) is 12.1 Å². The van der Waals surface area contributed by atoms with Gasteiger partial charge in [0, 0.05) is 23.2 Å². The summed E-state index contributed by atoms with van der Waals surface area (Å²) in [7, 11) is 0. The molecule has 0 aliphatic carbocycles. The minimum absolute atomic E-state index is 0.0624. The highest BCUT2D eigenvalue weighted by Gasteiger charge is 2.08. The van der Waals surface area contributed by atoms with Crippen molar-refractivity contribution < 1.29 is 9.21 Å². The lowest BCUT2D eigenvalue weighted by molar-refractivity contribution is 0.248. The molecule has 5 heteroatoms. The number of carbonyl (C=O) groups is 1. The zero-order valence-corrected chi connectivity index (χ0v) is 12.0. The molecular formula is C15H17ClN2O2. The van der Waals surface area contributed by atoms with Gasteiger partial charge in [-0.3, -0.25) is 0 Å². The summed E-state index contributed by atoms with van der Waals surface area (Å²) >= 11 is 5.79. The zero-order valence-electron chi connectivity index (χ0n) is 11.2. The van der Waals surface area contributed by atoms with Crippen molar-refractivity contribution in [2.45, 2.75) is 25.8 Å². The molecule has 1 aromatic carbocycles. The van der Waals surface area contributed by atoms with Gasteiger partial charge < -0.3 is 15.1 Å². The van der Waals surface area contributed by atoms with Gasteiger partial charge in [-0.05, 0) is 49.7 Å². The molecule has 0 spiro atoms. The van der Waals surface area contributed by atoms with E-state index >= 15 is 0 Å². The lowest BCUT2D eigenvalue weighted by Gasteiger charge is -2.14. The third kappa shape index (κ3) is 4.63. The van der Waals surface area contributed by atoms with E-state index in [0.29, 0.717) is 10.7 Å². The quantitative estimate of drug-likeness (QED) is 0.872. The number of aryl methyl sites for hydroxylation is 1.